The van der Waals surface area contributed by atoms with Gasteiger partial charge in [0.25, 0.3) is 0 Å². The van der Waals surface area contributed by atoms with Crippen LogP contribution in [-0.4, -0.2) is 40.9 Å². The highest BCUT2D eigenvalue weighted by Crippen LogP contribution is 2.14. The van der Waals surface area contributed by atoms with Crippen molar-refractivity contribution in [3.05, 3.63) is 40.7 Å². The zero-order chi connectivity index (χ0) is 13.9. The van der Waals surface area contributed by atoms with Crippen LogP contribution in [0.3, 0.4) is 0 Å². The van der Waals surface area contributed by atoms with Crippen molar-refractivity contribution in [2.45, 2.75) is 19.4 Å². The summed E-state index contributed by atoms with van der Waals surface area (Å²) in [5, 5.41) is 11.5. The highest BCUT2D eigenvalue weighted by molar-refractivity contribution is 6.30. The van der Waals surface area contributed by atoms with E-state index in [1.807, 2.05) is 24.3 Å². The molecule has 106 valence electrons. The lowest BCUT2D eigenvalue weighted by Gasteiger charge is -2.30. The summed E-state index contributed by atoms with van der Waals surface area (Å²) in [6.07, 6.45) is 0.742. The van der Waals surface area contributed by atoms with Crippen LogP contribution in [0.15, 0.2) is 24.3 Å². The minimum absolute atomic E-state index is 0.474. The summed E-state index contributed by atoms with van der Waals surface area (Å²) < 4.78 is 0. The number of rotatable bonds is 3. The topological polar surface area (TPSA) is 56.8 Å². The predicted octanol–water partition coefficient (Wildman–Crippen LogP) is 1.85. The first-order chi connectivity index (χ1) is 9.70. The van der Waals surface area contributed by atoms with Crippen LogP contribution in [0.4, 0.5) is 5.95 Å². The molecule has 0 aliphatic carbocycles. The Morgan fingerprint density at radius 1 is 1.35 bits per heavy atom. The van der Waals surface area contributed by atoms with E-state index < -0.39 is 0 Å². The Balaban J connectivity index is 1.68. The SMILES string of the molecule is C[C@H]1CN(c2n[nH]c(Cc3ccc(Cl)cc3)n2)CCN1. The van der Waals surface area contributed by atoms with E-state index in [-0.39, 0.29) is 0 Å². The van der Waals surface area contributed by atoms with Crippen LogP contribution in [0.5, 0.6) is 0 Å². The summed E-state index contributed by atoms with van der Waals surface area (Å²) in [6.45, 7) is 5.04. The summed E-state index contributed by atoms with van der Waals surface area (Å²) in [6, 6.07) is 8.29. The van der Waals surface area contributed by atoms with Gasteiger partial charge in [-0.25, -0.2) is 0 Å². The highest BCUT2D eigenvalue weighted by atomic mass is 35.5. The van der Waals surface area contributed by atoms with Gasteiger partial charge in [-0.1, -0.05) is 23.7 Å². The third-order valence-corrected chi connectivity index (χ3v) is 3.71. The van der Waals surface area contributed by atoms with E-state index in [1.165, 1.54) is 5.56 Å². The number of aromatic amines is 1. The fourth-order valence-corrected chi connectivity index (χ4v) is 2.54. The second kappa shape index (κ2) is 5.81. The molecule has 1 aromatic carbocycles. The van der Waals surface area contributed by atoms with E-state index in [4.69, 9.17) is 11.6 Å². The number of anilines is 1. The molecule has 1 aliphatic rings. The van der Waals surface area contributed by atoms with Crippen molar-refractivity contribution < 1.29 is 0 Å². The van der Waals surface area contributed by atoms with Gasteiger partial charge in [-0.2, -0.15) is 4.98 Å². The van der Waals surface area contributed by atoms with Gasteiger partial charge in [-0.05, 0) is 24.6 Å². The van der Waals surface area contributed by atoms with E-state index in [0.717, 1.165) is 42.9 Å². The van der Waals surface area contributed by atoms with E-state index in [1.54, 1.807) is 0 Å². The number of hydrogen-bond acceptors (Lipinski definition) is 4. The van der Waals surface area contributed by atoms with Crippen molar-refractivity contribution in [2.75, 3.05) is 24.5 Å². The lowest BCUT2D eigenvalue weighted by Crippen LogP contribution is -2.49. The summed E-state index contributed by atoms with van der Waals surface area (Å²) >= 11 is 5.89. The van der Waals surface area contributed by atoms with Crippen LogP contribution in [0.2, 0.25) is 5.02 Å². The normalized spacial score (nSPS) is 19.3. The van der Waals surface area contributed by atoms with Crippen LogP contribution in [0.1, 0.15) is 18.3 Å². The number of nitrogens with zero attached hydrogens (tertiary/aromatic N) is 3. The zero-order valence-electron chi connectivity index (χ0n) is 11.4. The fourth-order valence-electron chi connectivity index (χ4n) is 2.42. The second-order valence-electron chi connectivity index (χ2n) is 5.19. The predicted molar refractivity (Wildman–Crippen MR) is 80.3 cm³/mol. The molecule has 0 bridgehead atoms. The molecule has 0 unspecified atom stereocenters. The minimum atomic E-state index is 0.474. The maximum Gasteiger partial charge on any atom is 0.244 e. The Hall–Kier alpha value is -1.59. The molecule has 0 spiro atoms. The van der Waals surface area contributed by atoms with E-state index in [0.29, 0.717) is 6.04 Å². The molecule has 3 rings (SSSR count). The van der Waals surface area contributed by atoms with Crippen molar-refractivity contribution in [2.24, 2.45) is 0 Å². The fraction of sp³-hybridized carbons (Fsp3) is 0.429. The molecule has 2 aromatic rings. The molecule has 1 aliphatic heterocycles. The van der Waals surface area contributed by atoms with Gasteiger partial charge < -0.3 is 10.2 Å². The van der Waals surface area contributed by atoms with Crippen molar-refractivity contribution in [3.63, 3.8) is 0 Å². The van der Waals surface area contributed by atoms with Crippen molar-refractivity contribution in [1.82, 2.24) is 20.5 Å². The molecular formula is C14H18ClN5. The number of halogens is 1. The van der Waals surface area contributed by atoms with Crippen LogP contribution >= 0.6 is 11.6 Å². The second-order valence-corrected chi connectivity index (χ2v) is 5.62. The van der Waals surface area contributed by atoms with Gasteiger partial charge in [0.05, 0.1) is 0 Å². The molecule has 6 heteroatoms. The lowest BCUT2D eigenvalue weighted by molar-refractivity contribution is 0.480. The van der Waals surface area contributed by atoms with Crippen LogP contribution in [0, 0.1) is 0 Å². The summed E-state index contributed by atoms with van der Waals surface area (Å²) in [5.41, 5.74) is 1.17. The molecule has 5 nitrogen and oxygen atoms in total. The molecule has 1 saturated heterocycles. The Morgan fingerprint density at radius 2 is 2.15 bits per heavy atom. The van der Waals surface area contributed by atoms with E-state index >= 15 is 0 Å². The Kier molecular flexibility index (Phi) is 3.89. The van der Waals surface area contributed by atoms with Gasteiger partial charge >= 0.3 is 0 Å². The maximum atomic E-state index is 5.89. The molecule has 1 aromatic heterocycles. The molecule has 0 radical (unpaired) electrons. The van der Waals surface area contributed by atoms with Crippen molar-refractivity contribution >= 4 is 17.5 Å². The van der Waals surface area contributed by atoms with Crippen LogP contribution in [0.25, 0.3) is 0 Å². The first-order valence-corrected chi connectivity index (χ1v) is 7.22. The Labute approximate surface area is 123 Å². The van der Waals surface area contributed by atoms with Gasteiger partial charge in [0.1, 0.15) is 5.82 Å². The maximum absolute atomic E-state index is 5.89. The number of hydrogen-bond donors (Lipinski definition) is 2. The van der Waals surface area contributed by atoms with Gasteiger partial charge in [0.15, 0.2) is 0 Å². The highest BCUT2D eigenvalue weighted by Gasteiger charge is 2.19. The summed E-state index contributed by atoms with van der Waals surface area (Å²) in [5.74, 6) is 1.68. The quantitative estimate of drug-likeness (QED) is 0.906. The first-order valence-electron chi connectivity index (χ1n) is 6.85. The van der Waals surface area contributed by atoms with Gasteiger partial charge in [-0.15, -0.1) is 5.10 Å². The molecular weight excluding hydrogens is 274 g/mol. The minimum Gasteiger partial charge on any atom is -0.337 e. The van der Waals surface area contributed by atoms with Crippen molar-refractivity contribution in [1.29, 1.82) is 0 Å². The number of H-pyrrole nitrogens is 1. The zero-order valence-corrected chi connectivity index (χ0v) is 12.2. The summed E-state index contributed by atoms with van der Waals surface area (Å²) in [7, 11) is 0. The number of benzene rings is 1. The third kappa shape index (κ3) is 3.11. The largest absolute Gasteiger partial charge is 0.337 e. The third-order valence-electron chi connectivity index (χ3n) is 3.46. The molecule has 2 N–H and O–H groups in total. The van der Waals surface area contributed by atoms with Crippen LogP contribution < -0.4 is 10.2 Å². The lowest BCUT2D eigenvalue weighted by atomic mass is 10.1. The molecule has 0 amide bonds. The molecule has 0 saturated carbocycles. The Morgan fingerprint density at radius 3 is 2.90 bits per heavy atom. The smallest absolute Gasteiger partial charge is 0.244 e. The monoisotopic (exact) mass is 291 g/mol. The van der Waals surface area contributed by atoms with E-state index in [9.17, 15) is 0 Å². The average Bonchev–Trinajstić information content (AvgIpc) is 2.90. The molecule has 1 fully saturated rings. The average molecular weight is 292 g/mol. The van der Waals surface area contributed by atoms with E-state index in [2.05, 4.69) is 32.3 Å². The van der Waals surface area contributed by atoms with Gasteiger partial charge in [0.2, 0.25) is 5.95 Å². The molecule has 20 heavy (non-hydrogen) atoms. The van der Waals surface area contributed by atoms with Crippen LogP contribution in [-0.2, 0) is 6.42 Å². The standard InChI is InChI=1S/C14H18ClN5/c1-10-9-20(7-6-16-10)14-17-13(18-19-14)8-11-2-4-12(15)5-3-11/h2-5,10,16H,6-9H2,1H3,(H,17,18,19)/t10-/m0/s1. The Bertz CT molecular complexity index is 565. The first kappa shape index (κ1) is 13.4. The van der Waals surface area contributed by atoms with Crippen molar-refractivity contribution in [3.8, 4) is 0 Å². The number of nitrogens with one attached hydrogen (secondary N) is 2. The molecule has 1 atom stereocenters. The number of piperazine rings is 1. The van der Waals surface area contributed by atoms with Gasteiger partial charge in [-0.3, -0.25) is 5.10 Å². The summed E-state index contributed by atoms with van der Waals surface area (Å²) in [4.78, 5) is 6.80. The molecule has 2 heterocycles. The number of aromatic nitrogens is 3. The van der Waals surface area contributed by atoms with Gasteiger partial charge in [0, 0.05) is 37.1 Å².